The van der Waals surface area contributed by atoms with Gasteiger partial charge in [0.1, 0.15) is 0 Å². The average Bonchev–Trinajstić information content (AvgIpc) is 2.58. The van der Waals surface area contributed by atoms with Crippen LogP contribution in [0.4, 0.5) is 11.4 Å². The molecule has 2 aromatic carbocycles. The van der Waals surface area contributed by atoms with Crippen molar-refractivity contribution >= 4 is 46.6 Å². The highest BCUT2D eigenvalue weighted by molar-refractivity contribution is 8.02. The number of halogens is 1. The van der Waals surface area contributed by atoms with Gasteiger partial charge in [-0.05, 0) is 55.8 Å². The molecule has 1 aliphatic rings. The van der Waals surface area contributed by atoms with Crippen LogP contribution in [0.2, 0.25) is 5.02 Å². The first-order valence-electron chi connectivity index (χ1n) is 7.76. The van der Waals surface area contributed by atoms with Crippen molar-refractivity contribution in [2.24, 2.45) is 0 Å². The van der Waals surface area contributed by atoms with Crippen LogP contribution in [-0.2, 0) is 14.3 Å². The molecule has 0 radical (unpaired) electrons. The van der Waals surface area contributed by atoms with Crippen LogP contribution in [-0.4, -0.2) is 23.4 Å². The molecule has 0 aliphatic carbocycles. The second-order valence-electron chi connectivity index (χ2n) is 5.59. The summed E-state index contributed by atoms with van der Waals surface area (Å²) in [5.74, 6) is -1.11. The van der Waals surface area contributed by atoms with Crippen molar-refractivity contribution in [3.63, 3.8) is 0 Å². The SMILES string of the molecule is CCOC(=O)[C@]1(Nc2ccc(Cl)cc2)Sc2cc(C)ccc2NC1=O. The number of nitrogens with one attached hydrogen (secondary N) is 2. The van der Waals surface area contributed by atoms with E-state index >= 15 is 0 Å². The molecule has 1 amide bonds. The Morgan fingerprint density at radius 3 is 2.68 bits per heavy atom. The second kappa shape index (κ2) is 6.98. The zero-order valence-electron chi connectivity index (χ0n) is 13.8. The summed E-state index contributed by atoms with van der Waals surface area (Å²) in [6, 6.07) is 12.5. The number of carbonyl (C=O) groups excluding carboxylic acids is 2. The molecule has 0 aromatic heterocycles. The summed E-state index contributed by atoms with van der Waals surface area (Å²) in [4.78, 5) is 24.7. The predicted molar refractivity (Wildman–Crippen MR) is 100 cm³/mol. The van der Waals surface area contributed by atoms with Crippen molar-refractivity contribution in [1.29, 1.82) is 0 Å². The number of ether oxygens (including phenoxy) is 1. The Bertz CT molecular complexity index is 826. The number of thioether (sulfide) groups is 1. The summed E-state index contributed by atoms with van der Waals surface area (Å²) in [6.45, 7) is 3.84. The summed E-state index contributed by atoms with van der Waals surface area (Å²) in [5, 5.41) is 6.40. The number of hydrogen-bond acceptors (Lipinski definition) is 5. The number of anilines is 2. The Balaban J connectivity index is 2.03. The van der Waals surface area contributed by atoms with Crippen LogP contribution in [0.25, 0.3) is 0 Å². The van der Waals surface area contributed by atoms with Crippen LogP contribution >= 0.6 is 23.4 Å². The van der Waals surface area contributed by atoms with E-state index in [1.54, 1.807) is 31.2 Å². The van der Waals surface area contributed by atoms with Crippen molar-refractivity contribution < 1.29 is 14.3 Å². The lowest BCUT2D eigenvalue weighted by Crippen LogP contribution is -2.55. The topological polar surface area (TPSA) is 67.4 Å². The van der Waals surface area contributed by atoms with E-state index in [-0.39, 0.29) is 6.61 Å². The third-order valence-electron chi connectivity index (χ3n) is 3.70. The minimum Gasteiger partial charge on any atom is -0.463 e. The third-order valence-corrected chi connectivity index (χ3v) is 5.27. The van der Waals surface area contributed by atoms with Crippen LogP contribution in [0, 0.1) is 6.92 Å². The first kappa shape index (κ1) is 17.6. The van der Waals surface area contributed by atoms with Gasteiger partial charge < -0.3 is 15.4 Å². The molecule has 7 heteroatoms. The maximum atomic E-state index is 12.8. The maximum absolute atomic E-state index is 12.8. The molecule has 0 saturated carbocycles. The summed E-state index contributed by atoms with van der Waals surface area (Å²) in [6.07, 6.45) is 0. The second-order valence-corrected chi connectivity index (χ2v) is 7.28. The van der Waals surface area contributed by atoms with Crippen molar-refractivity contribution in [3.8, 4) is 0 Å². The van der Waals surface area contributed by atoms with Gasteiger partial charge in [-0.1, -0.05) is 29.4 Å². The van der Waals surface area contributed by atoms with Gasteiger partial charge in [0.25, 0.3) is 10.8 Å². The number of amides is 1. The molecule has 2 aromatic rings. The smallest absolute Gasteiger partial charge is 0.352 e. The van der Waals surface area contributed by atoms with E-state index < -0.39 is 16.7 Å². The van der Waals surface area contributed by atoms with Gasteiger partial charge >= 0.3 is 5.97 Å². The normalized spacial score (nSPS) is 18.9. The van der Waals surface area contributed by atoms with Crippen LogP contribution in [0.15, 0.2) is 47.4 Å². The Morgan fingerprint density at radius 2 is 2.00 bits per heavy atom. The molecule has 1 atom stereocenters. The summed E-state index contributed by atoms with van der Waals surface area (Å²) < 4.78 is 5.19. The van der Waals surface area contributed by atoms with Gasteiger partial charge in [-0.2, -0.15) is 0 Å². The van der Waals surface area contributed by atoms with Gasteiger partial charge in [0, 0.05) is 15.6 Å². The van der Waals surface area contributed by atoms with Crippen LogP contribution in [0.3, 0.4) is 0 Å². The average molecular weight is 377 g/mol. The maximum Gasteiger partial charge on any atom is 0.352 e. The minimum absolute atomic E-state index is 0.178. The van der Waals surface area contributed by atoms with E-state index in [1.807, 2.05) is 25.1 Å². The van der Waals surface area contributed by atoms with Crippen molar-refractivity contribution in [2.45, 2.75) is 23.6 Å². The first-order valence-corrected chi connectivity index (χ1v) is 8.96. The van der Waals surface area contributed by atoms with E-state index in [4.69, 9.17) is 16.3 Å². The molecule has 1 aliphatic heterocycles. The zero-order valence-corrected chi connectivity index (χ0v) is 15.3. The molecular weight excluding hydrogens is 360 g/mol. The predicted octanol–water partition coefficient (Wildman–Crippen LogP) is 4.06. The highest BCUT2D eigenvalue weighted by Crippen LogP contribution is 2.44. The summed E-state index contributed by atoms with van der Waals surface area (Å²) in [5.41, 5.74) is 2.31. The summed E-state index contributed by atoms with van der Waals surface area (Å²) >= 11 is 7.05. The summed E-state index contributed by atoms with van der Waals surface area (Å²) in [7, 11) is 0. The van der Waals surface area contributed by atoms with Crippen molar-refractivity contribution in [1.82, 2.24) is 0 Å². The van der Waals surface area contributed by atoms with Gasteiger partial charge in [0.2, 0.25) is 0 Å². The van der Waals surface area contributed by atoms with Gasteiger partial charge in [0.15, 0.2) is 0 Å². The lowest BCUT2D eigenvalue weighted by molar-refractivity contribution is -0.147. The van der Waals surface area contributed by atoms with Crippen LogP contribution < -0.4 is 10.6 Å². The fourth-order valence-electron chi connectivity index (χ4n) is 2.48. The lowest BCUT2D eigenvalue weighted by atomic mass is 10.2. The van der Waals surface area contributed by atoms with Crippen LogP contribution in [0.1, 0.15) is 12.5 Å². The quantitative estimate of drug-likeness (QED) is 0.622. The van der Waals surface area contributed by atoms with E-state index in [0.29, 0.717) is 16.4 Å². The first-order chi connectivity index (χ1) is 11.9. The molecule has 0 spiro atoms. The Kier molecular flexibility index (Phi) is 4.92. The zero-order chi connectivity index (χ0) is 18.0. The number of esters is 1. The van der Waals surface area contributed by atoms with E-state index in [1.165, 1.54) is 0 Å². The number of fused-ring (bicyclic) bond motifs is 1. The Hall–Kier alpha value is -2.18. The number of hydrogen-bond donors (Lipinski definition) is 2. The minimum atomic E-state index is -1.61. The Morgan fingerprint density at radius 1 is 1.28 bits per heavy atom. The third kappa shape index (κ3) is 3.45. The molecular formula is C18H17ClN2O3S. The number of rotatable bonds is 4. The van der Waals surface area contributed by atoms with Gasteiger partial charge in [0.05, 0.1) is 12.3 Å². The largest absolute Gasteiger partial charge is 0.463 e. The molecule has 0 fully saturated rings. The monoisotopic (exact) mass is 376 g/mol. The van der Waals surface area contributed by atoms with E-state index in [2.05, 4.69) is 10.6 Å². The molecule has 25 heavy (non-hydrogen) atoms. The molecule has 2 N–H and O–H groups in total. The van der Waals surface area contributed by atoms with Gasteiger partial charge in [-0.3, -0.25) is 4.79 Å². The highest BCUT2D eigenvalue weighted by atomic mass is 35.5. The lowest BCUT2D eigenvalue weighted by Gasteiger charge is -2.35. The van der Waals surface area contributed by atoms with E-state index in [0.717, 1.165) is 22.2 Å². The molecule has 1 heterocycles. The van der Waals surface area contributed by atoms with E-state index in [9.17, 15) is 9.59 Å². The molecule has 5 nitrogen and oxygen atoms in total. The number of aryl methyl sites for hydroxylation is 1. The molecule has 0 unspecified atom stereocenters. The Labute approximate surface area is 155 Å². The van der Waals surface area contributed by atoms with Crippen molar-refractivity contribution in [3.05, 3.63) is 53.1 Å². The standard InChI is InChI=1S/C18H17ClN2O3S/c1-3-24-17(23)18(21-13-7-5-12(19)6-8-13)16(22)20-14-9-4-11(2)10-15(14)25-18/h4-10,21H,3H2,1-2H3,(H,20,22)/t18-/m1/s1. The number of benzene rings is 2. The van der Waals surface area contributed by atoms with Crippen molar-refractivity contribution in [2.75, 3.05) is 17.2 Å². The fourth-order valence-corrected chi connectivity index (χ4v) is 3.86. The molecule has 3 rings (SSSR count). The molecule has 130 valence electrons. The van der Waals surface area contributed by atoms with Crippen LogP contribution in [0.5, 0.6) is 0 Å². The fraction of sp³-hybridized carbons (Fsp3) is 0.222. The number of carbonyl (C=O) groups is 2. The highest BCUT2D eigenvalue weighted by Gasteiger charge is 2.52. The van der Waals surface area contributed by atoms with Gasteiger partial charge in [-0.25, -0.2) is 4.79 Å². The van der Waals surface area contributed by atoms with Gasteiger partial charge in [-0.15, -0.1) is 0 Å². The molecule has 0 bridgehead atoms. The molecule has 0 saturated heterocycles.